The van der Waals surface area contributed by atoms with E-state index in [1.165, 1.54) is 0 Å². The Kier molecular flexibility index (Phi) is 3.78. The predicted molar refractivity (Wildman–Crippen MR) is 79.7 cm³/mol. The molecule has 0 aliphatic carbocycles. The van der Waals surface area contributed by atoms with Crippen molar-refractivity contribution in [3.8, 4) is 0 Å². The smallest absolute Gasteiger partial charge is 0.240 e. The van der Waals surface area contributed by atoms with Crippen LogP contribution in [0.25, 0.3) is 0 Å². The molecule has 1 amide bonds. The maximum Gasteiger partial charge on any atom is 0.240 e. The maximum atomic E-state index is 13.0. The Morgan fingerprint density at radius 3 is 2.95 bits per heavy atom. The van der Waals surface area contributed by atoms with Crippen molar-refractivity contribution in [1.29, 1.82) is 0 Å². The standard InChI is InChI=1S/C16H25N3O2/c1-11-10-13(21-18-11)12-6-4-9-19(12)15(20)14-16(2,3)7-5-8-17-14/h10,12,14,17H,4-9H2,1-3H3. The van der Waals surface area contributed by atoms with Gasteiger partial charge < -0.3 is 14.7 Å². The van der Waals surface area contributed by atoms with Crippen LogP contribution < -0.4 is 5.32 Å². The van der Waals surface area contributed by atoms with Gasteiger partial charge in [0.2, 0.25) is 5.91 Å². The van der Waals surface area contributed by atoms with Gasteiger partial charge in [0, 0.05) is 12.6 Å². The van der Waals surface area contributed by atoms with Crippen molar-refractivity contribution in [3.05, 3.63) is 17.5 Å². The van der Waals surface area contributed by atoms with Gasteiger partial charge in [0.15, 0.2) is 5.76 Å². The summed E-state index contributed by atoms with van der Waals surface area (Å²) in [5, 5.41) is 7.39. The van der Waals surface area contributed by atoms with Crippen molar-refractivity contribution >= 4 is 5.91 Å². The van der Waals surface area contributed by atoms with Crippen molar-refractivity contribution in [2.75, 3.05) is 13.1 Å². The summed E-state index contributed by atoms with van der Waals surface area (Å²) in [6.45, 7) is 8.04. The Morgan fingerprint density at radius 1 is 1.48 bits per heavy atom. The van der Waals surface area contributed by atoms with Crippen molar-refractivity contribution in [2.24, 2.45) is 5.41 Å². The minimum atomic E-state index is -0.0872. The lowest BCUT2D eigenvalue weighted by Crippen LogP contribution is -2.56. The van der Waals surface area contributed by atoms with Gasteiger partial charge in [0.1, 0.15) is 0 Å². The van der Waals surface area contributed by atoms with Crippen LogP contribution in [-0.4, -0.2) is 35.1 Å². The summed E-state index contributed by atoms with van der Waals surface area (Å²) in [5.74, 6) is 1.04. The molecule has 0 aromatic carbocycles. The van der Waals surface area contributed by atoms with Gasteiger partial charge in [0.25, 0.3) is 0 Å². The van der Waals surface area contributed by atoms with E-state index in [1.807, 2.05) is 17.9 Å². The molecule has 2 saturated heterocycles. The van der Waals surface area contributed by atoms with Crippen LogP contribution in [-0.2, 0) is 4.79 Å². The van der Waals surface area contributed by atoms with E-state index >= 15 is 0 Å². The van der Waals surface area contributed by atoms with Gasteiger partial charge in [-0.05, 0) is 44.6 Å². The molecule has 5 nitrogen and oxygen atoms in total. The van der Waals surface area contributed by atoms with Crippen molar-refractivity contribution in [3.63, 3.8) is 0 Å². The molecule has 0 radical (unpaired) electrons. The number of hydrogen-bond donors (Lipinski definition) is 1. The summed E-state index contributed by atoms with van der Waals surface area (Å²) in [5.41, 5.74) is 0.889. The number of likely N-dealkylation sites (tertiary alicyclic amines) is 1. The van der Waals surface area contributed by atoms with Crippen LogP contribution in [0.1, 0.15) is 57.0 Å². The average molecular weight is 291 g/mol. The number of amides is 1. The summed E-state index contributed by atoms with van der Waals surface area (Å²) in [6, 6.07) is 1.92. The number of carbonyl (C=O) groups is 1. The Morgan fingerprint density at radius 2 is 2.29 bits per heavy atom. The molecule has 1 aromatic heterocycles. The zero-order valence-electron chi connectivity index (χ0n) is 13.2. The van der Waals surface area contributed by atoms with Gasteiger partial charge in [-0.1, -0.05) is 19.0 Å². The summed E-state index contributed by atoms with van der Waals surface area (Å²) >= 11 is 0. The highest BCUT2D eigenvalue weighted by atomic mass is 16.5. The average Bonchev–Trinajstić information content (AvgIpc) is 3.05. The molecule has 2 aliphatic rings. The number of nitrogens with one attached hydrogen (secondary N) is 1. The molecule has 0 saturated carbocycles. The second-order valence-corrected chi connectivity index (χ2v) is 7.04. The largest absolute Gasteiger partial charge is 0.359 e. The highest BCUT2D eigenvalue weighted by Gasteiger charge is 2.43. The summed E-state index contributed by atoms with van der Waals surface area (Å²) in [6.07, 6.45) is 4.23. The number of aromatic nitrogens is 1. The van der Waals surface area contributed by atoms with E-state index in [9.17, 15) is 4.79 Å². The summed E-state index contributed by atoms with van der Waals surface area (Å²) < 4.78 is 5.40. The third kappa shape index (κ3) is 2.71. The van der Waals surface area contributed by atoms with Crippen LogP contribution in [0.3, 0.4) is 0 Å². The first-order valence-corrected chi connectivity index (χ1v) is 7.96. The van der Waals surface area contributed by atoms with Crippen LogP contribution in [0.15, 0.2) is 10.6 Å². The molecule has 5 heteroatoms. The molecule has 0 spiro atoms. The molecular weight excluding hydrogens is 266 g/mol. The number of aryl methyl sites for hydroxylation is 1. The zero-order valence-corrected chi connectivity index (χ0v) is 13.2. The lowest BCUT2D eigenvalue weighted by molar-refractivity contribution is -0.138. The first kappa shape index (κ1) is 14.6. The highest BCUT2D eigenvalue weighted by molar-refractivity contribution is 5.83. The third-order valence-corrected chi connectivity index (χ3v) is 4.89. The minimum Gasteiger partial charge on any atom is -0.359 e. The number of piperidine rings is 1. The Labute approximate surface area is 126 Å². The summed E-state index contributed by atoms with van der Waals surface area (Å²) in [7, 11) is 0. The first-order chi connectivity index (χ1) is 9.99. The van der Waals surface area contributed by atoms with Gasteiger partial charge in [-0.2, -0.15) is 0 Å². The van der Waals surface area contributed by atoms with Crippen LogP contribution >= 0.6 is 0 Å². The Bertz CT molecular complexity index is 523. The van der Waals surface area contributed by atoms with E-state index in [0.29, 0.717) is 0 Å². The molecule has 1 aromatic rings. The molecule has 3 heterocycles. The topological polar surface area (TPSA) is 58.4 Å². The molecule has 0 bridgehead atoms. The van der Waals surface area contributed by atoms with Gasteiger partial charge in [0.05, 0.1) is 17.8 Å². The van der Waals surface area contributed by atoms with E-state index in [4.69, 9.17) is 4.52 Å². The van der Waals surface area contributed by atoms with Crippen LogP contribution in [0.5, 0.6) is 0 Å². The fourth-order valence-corrected chi connectivity index (χ4v) is 3.67. The number of nitrogens with zero attached hydrogens (tertiary/aromatic N) is 2. The third-order valence-electron chi connectivity index (χ3n) is 4.89. The lowest BCUT2D eigenvalue weighted by Gasteiger charge is -2.41. The van der Waals surface area contributed by atoms with Gasteiger partial charge in [-0.15, -0.1) is 0 Å². The molecule has 1 N–H and O–H groups in total. The van der Waals surface area contributed by atoms with E-state index < -0.39 is 0 Å². The predicted octanol–water partition coefficient (Wildman–Crippen LogP) is 2.42. The number of rotatable bonds is 2. The van der Waals surface area contributed by atoms with Crippen molar-refractivity contribution in [2.45, 2.75) is 58.5 Å². The molecule has 116 valence electrons. The SMILES string of the molecule is Cc1cc(C2CCCN2C(=O)C2NCCCC2(C)C)on1. The normalized spacial score (nSPS) is 28.8. The van der Waals surface area contributed by atoms with Gasteiger partial charge in [-0.3, -0.25) is 4.79 Å². The molecule has 2 fully saturated rings. The van der Waals surface area contributed by atoms with Crippen LogP contribution in [0.4, 0.5) is 0 Å². The van der Waals surface area contributed by atoms with E-state index in [1.54, 1.807) is 0 Å². The Hall–Kier alpha value is -1.36. The molecule has 2 aliphatic heterocycles. The van der Waals surface area contributed by atoms with Crippen molar-refractivity contribution < 1.29 is 9.32 Å². The lowest BCUT2D eigenvalue weighted by atomic mass is 9.77. The molecule has 3 rings (SSSR count). The zero-order chi connectivity index (χ0) is 15.0. The van der Waals surface area contributed by atoms with Crippen LogP contribution in [0, 0.1) is 12.3 Å². The van der Waals surface area contributed by atoms with Gasteiger partial charge in [-0.25, -0.2) is 0 Å². The number of carbonyl (C=O) groups excluding carboxylic acids is 1. The number of hydrogen-bond acceptors (Lipinski definition) is 4. The second-order valence-electron chi connectivity index (χ2n) is 7.04. The molecule has 2 atom stereocenters. The summed E-state index contributed by atoms with van der Waals surface area (Å²) in [4.78, 5) is 15.0. The molecule has 2 unspecified atom stereocenters. The van der Waals surface area contributed by atoms with Gasteiger partial charge >= 0.3 is 0 Å². The van der Waals surface area contributed by atoms with E-state index in [-0.39, 0.29) is 23.4 Å². The van der Waals surface area contributed by atoms with Crippen molar-refractivity contribution in [1.82, 2.24) is 15.4 Å². The highest BCUT2D eigenvalue weighted by Crippen LogP contribution is 2.37. The van der Waals surface area contributed by atoms with Crippen LogP contribution in [0.2, 0.25) is 0 Å². The Balaban J connectivity index is 1.80. The minimum absolute atomic E-state index is 0.0137. The van der Waals surface area contributed by atoms with E-state index in [2.05, 4.69) is 24.3 Å². The molecular formula is C16H25N3O2. The van der Waals surface area contributed by atoms with E-state index in [0.717, 1.165) is 50.2 Å². The maximum absolute atomic E-state index is 13.0. The fraction of sp³-hybridized carbons (Fsp3) is 0.750. The second kappa shape index (κ2) is 5.44. The quantitative estimate of drug-likeness (QED) is 0.909. The molecule has 21 heavy (non-hydrogen) atoms. The monoisotopic (exact) mass is 291 g/mol. The fourth-order valence-electron chi connectivity index (χ4n) is 3.67. The first-order valence-electron chi connectivity index (χ1n) is 7.96.